The maximum atomic E-state index is 13.0. The zero-order chi connectivity index (χ0) is 20.1. The van der Waals surface area contributed by atoms with E-state index in [4.69, 9.17) is 5.11 Å². The van der Waals surface area contributed by atoms with Crippen molar-refractivity contribution in [2.24, 2.45) is 5.92 Å². The van der Waals surface area contributed by atoms with Gasteiger partial charge in [-0.25, -0.2) is 9.18 Å². The molecule has 0 spiro atoms. The molecular weight excluding hydrogens is 361 g/mol. The molecule has 1 heterocycles. The number of rotatable bonds is 6. The fourth-order valence-electron chi connectivity index (χ4n) is 3.62. The maximum absolute atomic E-state index is 13.0. The van der Waals surface area contributed by atoms with Crippen LogP contribution in [0.4, 0.5) is 4.39 Å². The van der Waals surface area contributed by atoms with Crippen LogP contribution in [0.25, 0.3) is 0 Å². The number of aryl methyl sites for hydroxylation is 1. The average Bonchev–Trinajstić information content (AvgIpc) is 2.72. The Morgan fingerprint density at radius 2 is 1.64 bits per heavy atom. The van der Waals surface area contributed by atoms with E-state index in [0.29, 0.717) is 44.3 Å². The van der Waals surface area contributed by atoms with E-state index < -0.39 is 12.1 Å². The SMILES string of the molecule is O=C(O)c1ccc(CCC(=O)N2CCC(C(O)c3ccc(F)cc3)CC2)cc1. The van der Waals surface area contributed by atoms with Gasteiger partial charge in [0.15, 0.2) is 0 Å². The third-order valence-electron chi connectivity index (χ3n) is 5.38. The molecule has 1 aliphatic rings. The summed E-state index contributed by atoms with van der Waals surface area (Å²) in [6, 6.07) is 12.5. The summed E-state index contributed by atoms with van der Waals surface area (Å²) in [6.45, 7) is 1.19. The second-order valence-electron chi connectivity index (χ2n) is 7.22. The Morgan fingerprint density at radius 3 is 2.21 bits per heavy atom. The molecule has 1 amide bonds. The van der Waals surface area contributed by atoms with Gasteiger partial charge in [-0.05, 0) is 60.6 Å². The number of nitrogens with zero attached hydrogens (tertiary/aromatic N) is 1. The smallest absolute Gasteiger partial charge is 0.335 e. The first-order chi connectivity index (χ1) is 13.4. The molecular formula is C22H24FNO4. The quantitative estimate of drug-likeness (QED) is 0.799. The minimum Gasteiger partial charge on any atom is -0.478 e. The van der Waals surface area contributed by atoms with Gasteiger partial charge in [0.1, 0.15) is 5.82 Å². The summed E-state index contributed by atoms with van der Waals surface area (Å²) < 4.78 is 13.0. The lowest BCUT2D eigenvalue weighted by Gasteiger charge is -2.34. The van der Waals surface area contributed by atoms with Crippen LogP contribution in [0, 0.1) is 11.7 Å². The van der Waals surface area contributed by atoms with Gasteiger partial charge in [-0.3, -0.25) is 4.79 Å². The Balaban J connectivity index is 1.46. The van der Waals surface area contributed by atoms with Crippen LogP contribution < -0.4 is 0 Å². The van der Waals surface area contributed by atoms with Gasteiger partial charge in [-0.2, -0.15) is 0 Å². The Morgan fingerprint density at radius 1 is 1.04 bits per heavy atom. The van der Waals surface area contributed by atoms with Crippen LogP contribution in [0.5, 0.6) is 0 Å². The second kappa shape index (κ2) is 8.97. The van der Waals surface area contributed by atoms with Crippen LogP contribution >= 0.6 is 0 Å². The molecule has 28 heavy (non-hydrogen) atoms. The van der Waals surface area contributed by atoms with E-state index in [1.165, 1.54) is 12.1 Å². The summed E-state index contributed by atoms with van der Waals surface area (Å²) in [5, 5.41) is 19.4. The molecule has 0 aliphatic carbocycles. The molecule has 0 bridgehead atoms. The van der Waals surface area contributed by atoms with Crippen molar-refractivity contribution in [1.82, 2.24) is 4.90 Å². The molecule has 5 nitrogen and oxygen atoms in total. The lowest BCUT2D eigenvalue weighted by atomic mass is 9.87. The van der Waals surface area contributed by atoms with Crippen molar-refractivity contribution >= 4 is 11.9 Å². The number of carboxylic acids is 1. The largest absolute Gasteiger partial charge is 0.478 e. The highest BCUT2D eigenvalue weighted by atomic mass is 19.1. The molecule has 2 N–H and O–H groups in total. The molecule has 2 aromatic rings. The molecule has 0 saturated carbocycles. The number of halogens is 1. The highest BCUT2D eigenvalue weighted by molar-refractivity contribution is 5.87. The Hall–Kier alpha value is -2.73. The summed E-state index contributed by atoms with van der Waals surface area (Å²) in [6.07, 6.45) is 1.70. The molecule has 1 fully saturated rings. The number of likely N-dealkylation sites (tertiary alicyclic amines) is 1. The Kier molecular flexibility index (Phi) is 6.41. The average molecular weight is 385 g/mol. The van der Waals surface area contributed by atoms with Crippen LogP contribution in [0.1, 0.15) is 46.9 Å². The first-order valence-electron chi connectivity index (χ1n) is 9.47. The predicted molar refractivity (Wildman–Crippen MR) is 102 cm³/mol. The van der Waals surface area contributed by atoms with E-state index in [-0.39, 0.29) is 23.2 Å². The fourth-order valence-corrected chi connectivity index (χ4v) is 3.62. The molecule has 3 rings (SSSR count). The molecule has 0 aromatic heterocycles. The van der Waals surface area contributed by atoms with Gasteiger partial charge >= 0.3 is 5.97 Å². The number of hydrogen-bond acceptors (Lipinski definition) is 3. The van der Waals surface area contributed by atoms with Crippen molar-refractivity contribution in [1.29, 1.82) is 0 Å². The van der Waals surface area contributed by atoms with E-state index in [2.05, 4.69) is 0 Å². The molecule has 6 heteroatoms. The Labute approximate surface area is 163 Å². The van der Waals surface area contributed by atoms with Crippen molar-refractivity contribution in [2.45, 2.75) is 31.8 Å². The van der Waals surface area contributed by atoms with E-state index in [9.17, 15) is 19.1 Å². The molecule has 0 radical (unpaired) electrons. The number of hydrogen-bond donors (Lipinski definition) is 2. The van der Waals surface area contributed by atoms with Crippen molar-refractivity contribution in [2.75, 3.05) is 13.1 Å². The number of carbonyl (C=O) groups is 2. The molecule has 1 aliphatic heterocycles. The van der Waals surface area contributed by atoms with Gasteiger partial charge in [-0.15, -0.1) is 0 Å². The number of aromatic carboxylic acids is 1. The van der Waals surface area contributed by atoms with Crippen LogP contribution in [-0.2, 0) is 11.2 Å². The number of piperidine rings is 1. The monoisotopic (exact) mass is 385 g/mol. The van der Waals surface area contributed by atoms with E-state index in [1.807, 2.05) is 4.90 Å². The van der Waals surface area contributed by atoms with Crippen molar-refractivity contribution in [3.63, 3.8) is 0 Å². The van der Waals surface area contributed by atoms with E-state index >= 15 is 0 Å². The van der Waals surface area contributed by atoms with Crippen LogP contribution in [-0.4, -0.2) is 40.1 Å². The molecule has 1 atom stereocenters. The maximum Gasteiger partial charge on any atom is 0.335 e. The minimum atomic E-state index is -0.965. The van der Waals surface area contributed by atoms with Crippen molar-refractivity contribution < 1.29 is 24.2 Å². The van der Waals surface area contributed by atoms with Crippen molar-refractivity contribution in [3.8, 4) is 0 Å². The van der Waals surface area contributed by atoms with Gasteiger partial charge < -0.3 is 15.1 Å². The number of aliphatic hydroxyl groups is 1. The Bertz CT molecular complexity index is 811. The number of aliphatic hydroxyl groups excluding tert-OH is 1. The summed E-state index contributed by atoms with van der Waals surface area (Å²) in [5.74, 6) is -1.17. The normalized spacial score (nSPS) is 16.0. The third kappa shape index (κ3) is 4.95. The number of carboxylic acid groups (broad SMARTS) is 1. The molecule has 2 aromatic carbocycles. The lowest BCUT2D eigenvalue weighted by Crippen LogP contribution is -2.39. The van der Waals surface area contributed by atoms with Crippen LogP contribution in [0.3, 0.4) is 0 Å². The highest BCUT2D eigenvalue weighted by Gasteiger charge is 2.28. The van der Waals surface area contributed by atoms with E-state index in [0.717, 1.165) is 5.56 Å². The summed E-state index contributed by atoms with van der Waals surface area (Å²) in [4.78, 5) is 25.1. The number of carbonyl (C=O) groups excluding carboxylic acids is 1. The summed E-state index contributed by atoms with van der Waals surface area (Å²) in [7, 11) is 0. The highest BCUT2D eigenvalue weighted by Crippen LogP contribution is 2.31. The van der Waals surface area contributed by atoms with Gasteiger partial charge in [-0.1, -0.05) is 24.3 Å². The van der Waals surface area contributed by atoms with Gasteiger partial charge in [0, 0.05) is 19.5 Å². The van der Waals surface area contributed by atoms with Gasteiger partial charge in [0.2, 0.25) is 5.91 Å². The molecule has 1 saturated heterocycles. The van der Waals surface area contributed by atoms with Gasteiger partial charge in [0.05, 0.1) is 11.7 Å². The fraction of sp³-hybridized carbons (Fsp3) is 0.364. The summed E-state index contributed by atoms with van der Waals surface area (Å²) >= 11 is 0. The molecule has 148 valence electrons. The number of amides is 1. The zero-order valence-corrected chi connectivity index (χ0v) is 15.6. The second-order valence-corrected chi connectivity index (χ2v) is 7.22. The zero-order valence-electron chi connectivity index (χ0n) is 15.6. The number of benzene rings is 2. The topological polar surface area (TPSA) is 77.8 Å². The van der Waals surface area contributed by atoms with Crippen LogP contribution in [0.15, 0.2) is 48.5 Å². The van der Waals surface area contributed by atoms with Crippen LogP contribution in [0.2, 0.25) is 0 Å². The molecule has 1 unspecified atom stereocenters. The lowest BCUT2D eigenvalue weighted by molar-refractivity contribution is -0.133. The first kappa shape index (κ1) is 20.0. The van der Waals surface area contributed by atoms with Crippen molar-refractivity contribution in [3.05, 3.63) is 71.0 Å². The van der Waals surface area contributed by atoms with Gasteiger partial charge in [0.25, 0.3) is 0 Å². The standard InChI is InChI=1S/C22H24FNO4/c23-19-8-6-16(7-9-19)21(26)17-11-13-24(14-12-17)20(25)10-3-15-1-4-18(5-2-15)22(27)28/h1-2,4-9,17,21,26H,3,10-14H2,(H,27,28). The summed E-state index contributed by atoms with van der Waals surface area (Å²) in [5.41, 5.74) is 1.87. The van der Waals surface area contributed by atoms with E-state index in [1.54, 1.807) is 36.4 Å². The minimum absolute atomic E-state index is 0.0538. The third-order valence-corrected chi connectivity index (χ3v) is 5.38. The predicted octanol–water partition coefficient (Wildman–Crippen LogP) is 3.43. The first-order valence-corrected chi connectivity index (χ1v) is 9.47.